The van der Waals surface area contributed by atoms with Gasteiger partial charge in [0.2, 0.25) is 0 Å². The van der Waals surface area contributed by atoms with Crippen molar-refractivity contribution in [2.45, 2.75) is 57.4 Å². The molecule has 1 aromatic rings. The molecule has 3 rings (SSSR count). The van der Waals surface area contributed by atoms with E-state index in [1.165, 1.54) is 11.1 Å². The molecule has 2 saturated heterocycles. The zero-order chi connectivity index (χ0) is 19.1. The highest BCUT2D eigenvalue weighted by atomic mass is 127. The monoisotopic (exact) mass is 502 g/mol. The predicted molar refractivity (Wildman–Crippen MR) is 124 cm³/mol. The maximum absolute atomic E-state index is 9.61. The van der Waals surface area contributed by atoms with Gasteiger partial charge in [0.1, 0.15) is 0 Å². The third-order valence-electron chi connectivity index (χ3n) is 5.60. The van der Waals surface area contributed by atoms with Gasteiger partial charge in [0, 0.05) is 46.4 Å². The van der Waals surface area contributed by atoms with E-state index in [2.05, 4.69) is 51.7 Å². The second-order valence-corrected chi connectivity index (χ2v) is 8.01. The van der Waals surface area contributed by atoms with Gasteiger partial charge >= 0.3 is 0 Å². The van der Waals surface area contributed by atoms with Gasteiger partial charge in [-0.3, -0.25) is 9.89 Å². The van der Waals surface area contributed by atoms with E-state index in [1.54, 1.807) is 7.05 Å². The van der Waals surface area contributed by atoms with Crippen LogP contribution in [0, 0.1) is 0 Å². The van der Waals surface area contributed by atoms with E-state index in [4.69, 9.17) is 4.74 Å². The Kier molecular flexibility index (Phi) is 9.46. The molecule has 0 spiro atoms. The zero-order valence-electron chi connectivity index (χ0n) is 17.1. The first kappa shape index (κ1) is 23.4. The number of guanidine groups is 1. The maximum atomic E-state index is 9.61. The summed E-state index contributed by atoms with van der Waals surface area (Å²) in [4.78, 5) is 6.72. The van der Waals surface area contributed by atoms with Gasteiger partial charge in [0.25, 0.3) is 0 Å². The summed E-state index contributed by atoms with van der Waals surface area (Å²) in [7, 11) is 1.80. The average molecular weight is 502 g/mol. The minimum absolute atomic E-state index is 0. The van der Waals surface area contributed by atoms with Crippen LogP contribution in [0.4, 0.5) is 0 Å². The zero-order valence-corrected chi connectivity index (χ0v) is 19.4. The summed E-state index contributed by atoms with van der Waals surface area (Å²) in [5, 5.41) is 16.4. The Hall–Kier alpha value is -0.900. The smallest absolute Gasteiger partial charge is 0.191 e. The van der Waals surface area contributed by atoms with E-state index >= 15 is 0 Å². The van der Waals surface area contributed by atoms with Crippen LogP contribution in [0.25, 0.3) is 0 Å². The quantitative estimate of drug-likeness (QED) is 0.317. The SMILES string of the molecule is CN=C(NCc1ccc(CN2CCC(O)CC2)cc1)NCC1(C)CCCO1.I. The van der Waals surface area contributed by atoms with Crippen LogP contribution in [0.15, 0.2) is 29.3 Å². The number of rotatable bonds is 6. The lowest BCUT2D eigenvalue weighted by Crippen LogP contribution is -2.45. The van der Waals surface area contributed by atoms with Gasteiger partial charge in [0.15, 0.2) is 5.96 Å². The van der Waals surface area contributed by atoms with E-state index in [1.807, 2.05) is 0 Å². The fraction of sp³-hybridized carbons (Fsp3) is 0.667. The van der Waals surface area contributed by atoms with E-state index in [-0.39, 0.29) is 35.7 Å². The number of nitrogens with one attached hydrogen (secondary N) is 2. The minimum Gasteiger partial charge on any atom is -0.393 e. The van der Waals surface area contributed by atoms with Crippen LogP contribution in [0.5, 0.6) is 0 Å². The second-order valence-electron chi connectivity index (χ2n) is 8.01. The topological polar surface area (TPSA) is 69.1 Å². The van der Waals surface area contributed by atoms with Crippen LogP contribution in [0.1, 0.15) is 43.7 Å². The van der Waals surface area contributed by atoms with E-state index in [0.29, 0.717) is 0 Å². The van der Waals surface area contributed by atoms with Crippen LogP contribution in [-0.4, -0.2) is 61.0 Å². The Morgan fingerprint density at radius 2 is 1.89 bits per heavy atom. The molecule has 2 aliphatic rings. The first-order chi connectivity index (χ1) is 13.1. The summed E-state index contributed by atoms with van der Waals surface area (Å²) in [5.41, 5.74) is 2.48. The van der Waals surface area contributed by atoms with Crippen LogP contribution in [0.3, 0.4) is 0 Å². The van der Waals surface area contributed by atoms with Gasteiger partial charge in [-0.25, -0.2) is 0 Å². The standard InChI is InChI=1S/C21H34N4O2.HI/c1-21(10-3-13-27-21)16-24-20(22-2)23-14-17-4-6-18(7-5-17)15-25-11-8-19(26)9-12-25;/h4-7,19,26H,3,8-16H2,1-2H3,(H2,22,23,24);1H. The van der Waals surface area contributed by atoms with Crippen molar-refractivity contribution in [3.8, 4) is 0 Å². The van der Waals surface area contributed by atoms with Crippen LogP contribution in [-0.2, 0) is 17.8 Å². The number of nitrogens with zero attached hydrogens (tertiary/aromatic N) is 2. The second kappa shape index (κ2) is 11.3. The molecule has 0 saturated carbocycles. The van der Waals surface area contributed by atoms with Gasteiger partial charge in [-0.1, -0.05) is 24.3 Å². The summed E-state index contributed by atoms with van der Waals surface area (Å²) >= 11 is 0. The highest BCUT2D eigenvalue weighted by Gasteiger charge is 2.29. The molecule has 2 aliphatic heterocycles. The van der Waals surface area contributed by atoms with Crippen molar-refractivity contribution >= 4 is 29.9 Å². The fourth-order valence-electron chi connectivity index (χ4n) is 3.75. The van der Waals surface area contributed by atoms with Crippen molar-refractivity contribution in [3.05, 3.63) is 35.4 Å². The Balaban J connectivity index is 0.00000280. The maximum Gasteiger partial charge on any atom is 0.191 e. The molecule has 6 nitrogen and oxygen atoms in total. The van der Waals surface area contributed by atoms with Crippen LogP contribution < -0.4 is 10.6 Å². The van der Waals surface area contributed by atoms with Crippen LogP contribution >= 0.6 is 24.0 Å². The molecule has 7 heteroatoms. The van der Waals surface area contributed by atoms with Gasteiger partial charge < -0.3 is 20.5 Å². The Labute approximate surface area is 186 Å². The molecule has 0 aliphatic carbocycles. The molecule has 0 radical (unpaired) electrons. The lowest BCUT2D eigenvalue weighted by molar-refractivity contribution is 0.0243. The number of aliphatic imine (C=N–C) groups is 1. The van der Waals surface area contributed by atoms with E-state index in [9.17, 15) is 5.11 Å². The molecule has 0 aromatic heterocycles. The molecule has 0 bridgehead atoms. The fourth-order valence-corrected chi connectivity index (χ4v) is 3.75. The number of piperidine rings is 1. The normalized spacial score (nSPS) is 24.0. The number of aliphatic hydroxyl groups excluding tert-OH is 1. The van der Waals surface area contributed by atoms with Crippen molar-refractivity contribution in [1.82, 2.24) is 15.5 Å². The lowest BCUT2D eigenvalue weighted by Gasteiger charge is -2.29. The number of halogens is 1. The van der Waals surface area contributed by atoms with Crippen molar-refractivity contribution < 1.29 is 9.84 Å². The summed E-state index contributed by atoms with van der Waals surface area (Å²) in [6, 6.07) is 8.75. The largest absolute Gasteiger partial charge is 0.393 e. The van der Waals surface area contributed by atoms with E-state index in [0.717, 1.165) is 71.0 Å². The van der Waals surface area contributed by atoms with E-state index < -0.39 is 0 Å². The van der Waals surface area contributed by atoms with Crippen molar-refractivity contribution in [1.29, 1.82) is 0 Å². The Bertz CT molecular complexity index is 609. The van der Waals surface area contributed by atoms with Gasteiger partial charge in [-0.05, 0) is 43.7 Å². The molecule has 3 N–H and O–H groups in total. The lowest BCUT2D eigenvalue weighted by atomic mass is 10.0. The van der Waals surface area contributed by atoms with Crippen molar-refractivity contribution in [3.63, 3.8) is 0 Å². The molecule has 1 unspecified atom stereocenters. The molecular weight excluding hydrogens is 467 g/mol. The Morgan fingerprint density at radius 3 is 2.50 bits per heavy atom. The molecule has 1 aromatic carbocycles. The van der Waals surface area contributed by atoms with Crippen molar-refractivity contribution in [2.75, 3.05) is 33.3 Å². The number of hydrogen-bond acceptors (Lipinski definition) is 4. The minimum atomic E-state index is -0.111. The van der Waals surface area contributed by atoms with Gasteiger partial charge in [-0.15, -0.1) is 24.0 Å². The highest BCUT2D eigenvalue weighted by molar-refractivity contribution is 14.0. The third-order valence-corrected chi connectivity index (χ3v) is 5.60. The Morgan fingerprint density at radius 1 is 1.21 bits per heavy atom. The first-order valence-electron chi connectivity index (χ1n) is 10.1. The van der Waals surface area contributed by atoms with Crippen LogP contribution in [0.2, 0.25) is 0 Å². The summed E-state index contributed by atoms with van der Waals surface area (Å²) in [6.07, 6.45) is 3.89. The van der Waals surface area contributed by atoms with Gasteiger partial charge in [0.05, 0.1) is 11.7 Å². The molecule has 28 heavy (non-hydrogen) atoms. The number of ether oxygens (including phenoxy) is 1. The van der Waals surface area contributed by atoms with Gasteiger partial charge in [-0.2, -0.15) is 0 Å². The number of hydrogen-bond donors (Lipinski definition) is 3. The molecule has 1 atom stereocenters. The molecule has 2 fully saturated rings. The number of likely N-dealkylation sites (tertiary alicyclic amines) is 1. The summed E-state index contributed by atoms with van der Waals surface area (Å²) < 4.78 is 5.82. The predicted octanol–water partition coefficient (Wildman–Crippen LogP) is 2.50. The number of aliphatic hydroxyl groups is 1. The number of benzene rings is 1. The third kappa shape index (κ3) is 7.17. The summed E-state index contributed by atoms with van der Waals surface area (Å²) in [5.74, 6) is 0.808. The molecule has 2 heterocycles. The molecular formula is C21H35IN4O2. The van der Waals surface area contributed by atoms with Crippen molar-refractivity contribution in [2.24, 2.45) is 4.99 Å². The molecule has 158 valence electrons. The summed E-state index contributed by atoms with van der Waals surface area (Å²) in [6.45, 7) is 7.45. The molecule has 0 amide bonds. The average Bonchev–Trinajstić information content (AvgIpc) is 3.12. The highest BCUT2D eigenvalue weighted by Crippen LogP contribution is 2.23. The first-order valence-corrected chi connectivity index (χ1v) is 10.1.